The molecule has 6 nitrogen and oxygen atoms in total. The number of likely N-dealkylation sites (tertiary alicyclic amines) is 1. The van der Waals surface area contributed by atoms with Gasteiger partial charge in [0.25, 0.3) is 5.91 Å². The minimum Gasteiger partial charge on any atom is -0.496 e. The van der Waals surface area contributed by atoms with Crippen LogP contribution in [-0.4, -0.2) is 41.9 Å². The van der Waals surface area contributed by atoms with Crippen molar-refractivity contribution in [3.8, 4) is 5.75 Å². The molecule has 1 aromatic heterocycles. The zero-order chi connectivity index (χ0) is 17.8. The lowest BCUT2D eigenvalue weighted by atomic mass is 9.90. The summed E-state index contributed by atoms with van der Waals surface area (Å²) in [5.74, 6) is 0.654. The van der Waals surface area contributed by atoms with Gasteiger partial charge in [-0.05, 0) is 42.9 Å². The number of methoxy groups -OCH3 is 1. The highest BCUT2D eigenvalue weighted by atomic mass is 16.5. The van der Waals surface area contributed by atoms with Gasteiger partial charge in [0.15, 0.2) is 0 Å². The normalized spacial score (nSPS) is 17.3. The molecule has 0 radical (unpaired) electrons. The van der Waals surface area contributed by atoms with E-state index in [-0.39, 0.29) is 5.91 Å². The van der Waals surface area contributed by atoms with Gasteiger partial charge in [-0.1, -0.05) is 18.2 Å². The minimum atomic E-state index is -0.539. The number of hydrogen-bond acceptors (Lipinski definition) is 3. The Bertz CT molecular complexity index is 769. The third kappa shape index (κ3) is 3.84. The van der Waals surface area contributed by atoms with Gasteiger partial charge < -0.3 is 20.4 Å². The summed E-state index contributed by atoms with van der Waals surface area (Å²) >= 11 is 0. The lowest BCUT2D eigenvalue weighted by Crippen LogP contribution is -2.40. The number of amides is 2. The first-order valence-electron chi connectivity index (χ1n) is 8.48. The molecule has 1 aliphatic heterocycles. The van der Waals surface area contributed by atoms with Gasteiger partial charge in [0.05, 0.1) is 12.7 Å². The number of rotatable bonds is 5. The van der Waals surface area contributed by atoms with E-state index in [2.05, 4.69) is 11.1 Å². The molecule has 1 aromatic carbocycles. The van der Waals surface area contributed by atoms with Gasteiger partial charge in [0.1, 0.15) is 11.4 Å². The molecule has 25 heavy (non-hydrogen) atoms. The molecule has 6 heteroatoms. The predicted octanol–water partition coefficient (Wildman–Crippen LogP) is 2.22. The molecule has 1 atom stereocenters. The van der Waals surface area contributed by atoms with Crippen LogP contribution < -0.4 is 10.5 Å². The number of ether oxygens (including phenoxy) is 1. The van der Waals surface area contributed by atoms with Crippen LogP contribution in [0.3, 0.4) is 0 Å². The number of piperidine rings is 1. The number of carbonyl (C=O) groups is 2. The number of benzene rings is 1. The van der Waals surface area contributed by atoms with Crippen molar-refractivity contribution < 1.29 is 14.3 Å². The first-order chi connectivity index (χ1) is 12.1. The number of para-hydroxylation sites is 1. The first-order valence-corrected chi connectivity index (χ1v) is 8.48. The second-order valence-corrected chi connectivity index (χ2v) is 6.44. The van der Waals surface area contributed by atoms with E-state index >= 15 is 0 Å². The van der Waals surface area contributed by atoms with E-state index in [1.165, 1.54) is 17.8 Å². The number of nitrogens with two attached hydrogens (primary N) is 1. The van der Waals surface area contributed by atoms with Crippen molar-refractivity contribution in [3.05, 3.63) is 53.3 Å². The van der Waals surface area contributed by atoms with E-state index in [0.717, 1.165) is 31.6 Å². The molecule has 0 bridgehead atoms. The van der Waals surface area contributed by atoms with Crippen LogP contribution >= 0.6 is 0 Å². The minimum absolute atomic E-state index is 0.0859. The molecule has 0 aliphatic carbocycles. The Morgan fingerprint density at radius 1 is 1.36 bits per heavy atom. The first kappa shape index (κ1) is 17.1. The van der Waals surface area contributed by atoms with Crippen molar-refractivity contribution in [2.45, 2.75) is 19.3 Å². The lowest BCUT2D eigenvalue weighted by molar-refractivity contribution is 0.0668. The maximum Gasteiger partial charge on any atom is 0.270 e. The Labute approximate surface area is 147 Å². The molecule has 3 N–H and O–H groups in total. The average molecular weight is 341 g/mol. The Hall–Kier alpha value is -2.76. The van der Waals surface area contributed by atoms with Crippen molar-refractivity contribution in [3.63, 3.8) is 0 Å². The molecule has 0 saturated carbocycles. The quantitative estimate of drug-likeness (QED) is 0.874. The van der Waals surface area contributed by atoms with Crippen molar-refractivity contribution in [2.24, 2.45) is 11.7 Å². The summed E-state index contributed by atoms with van der Waals surface area (Å²) in [6.45, 7) is 1.42. The van der Waals surface area contributed by atoms with Gasteiger partial charge in [-0.15, -0.1) is 0 Å². The maximum absolute atomic E-state index is 12.7. The fraction of sp³-hybridized carbons (Fsp3) is 0.368. The van der Waals surface area contributed by atoms with Crippen molar-refractivity contribution in [1.82, 2.24) is 9.88 Å². The Morgan fingerprint density at radius 2 is 2.16 bits per heavy atom. The van der Waals surface area contributed by atoms with Gasteiger partial charge in [0.2, 0.25) is 5.91 Å². The Morgan fingerprint density at radius 3 is 2.88 bits per heavy atom. The van der Waals surface area contributed by atoms with Gasteiger partial charge >= 0.3 is 0 Å². The third-order valence-electron chi connectivity index (χ3n) is 4.71. The van der Waals surface area contributed by atoms with Crippen LogP contribution in [0.1, 0.15) is 39.3 Å². The molecular formula is C19H23N3O3. The molecule has 0 unspecified atom stereocenters. The number of hydrogen-bond donors (Lipinski definition) is 2. The number of primary amides is 1. The van der Waals surface area contributed by atoms with Crippen LogP contribution in [0, 0.1) is 5.92 Å². The average Bonchev–Trinajstić information content (AvgIpc) is 3.12. The number of carbonyl (C=O) groups excluding carboxylic acids is 2. The molecule has 0 spiro atoms. The third-order valence-corrected chi connectivity index (χ3v) is 4.71. The SMILES string of the molecule is COc1ccccc1C[C@@H]1CCCN(C(=O)c2cc(C(N)=O)c[nH]2)C1. The molecule has 2 aromatic rings. The highest BCUT2D eigenvalue weighted by Gasteiger charge is 2.26. The van der Waals surface area contributed by atoms with Crippen LogP contribution in [0.15, 0.2) is 36.5 Å². The number of nitrogens with one attached hydrogen (secondary N) is 1. The highest BCUT2D eigenvalue weighted by molar-refractivity contribution is 5.98. The molecule has 1 aliphatic rings. The van der Waals surface area contributed by atoms with Crippen molar-refractivity contribution in [1.29, 1.82) is 0 Å². The van der Waals surface area contributed by atoms with E-state index in [4.69, 9.17) is 10.5 Å². The second kappa shape index (κ2) is 7.42. The zero-order valence-electron chi connectivity index (χ0n) is 14.3. The van der Waals surface area contributed by atoms with Crippen LogP contribution in [0.25, 0.3) is 0 Å². The molecule has 2 heterocycles. The monoisotopic (exact) mass is 341 g/mol. The Balaban J connectivity index is 1.68. The smallest absolute Gasteiger partial charge is 0.270 e. The van der Waals surface area contributed by atoms with E-state index in [0.29, 0.717) is 23.7 Å². The summed E-state index contributed by atoms with van der Waals surface area (Å²) in [5, 5.41) is 0. The van der Waals surface area contributed by atoms with Crippen LogP contribution in [0.5, 0.6) is 5.75 Å². The number of aromatic nitrogens is 1. The predicted molar refractivity (Wildman–Crippen MR) is 94.6 cm³/mol. The van der Waals surface area contributed by atoms with Gasteiger partial charge in [0, 0.05) is 19.3 Å². The standard InChI is InChI=1S/C19H23N3O3/c1-25-17-7-3-2-6-14(17)9-13-5-4-8-22(12-13)19(24)16-10-15(11-21-16)18(20)23/h2-3,6-7,10-11,13,21H,4-5,8-9,12H2,1H3,(H2,20,23)/t13-/m0/s1. The fourth-order valence-electron chi connectivity index (χ4n) is 3.43. The number of H-pyrrole nitrogens is 1. The number of nitrogens with zero attached hydrogens (tertiary/aromatic N) is 1. The largest absolute Gasteiger partial charge is 0.496 e. The molecule has 1 fully saturated rings. The van der Waals surface area contributed by atoms with Gasteiger partial charge in [-0.2, -0.15) is 0 Å². The second-order valence-electron chi connectivity index (χ2n) is 6.44. The van der Waals surface area contributed by atoms with Crippen LogP contribution in [-0.2, 0) is 6.42 Å². The fourth-order valence-corrected chi connectivity index (χ4v) is 3.43. The summed E-state index contributed by atoms with van der Waals surface area (Å²) in [5.41, 5.74) is 7.15. The topological polar surface area (TPSA) is 88.4 Å². The van der Waals surface area contributed by atoms with Crippen LogP contribution in [0.2, 0.25) is 0 Å². The van der Waals surface area contributed by atoms with Gasteiger partial charge in [-0.25, -0.2) is 0 Å². The molecule has 3 rings (SSSR count). The summed E-state index contributed by atoms with van der Waals surface area (Å²) in [4.78, 5) is 28.6. The van der Waals surface area contributed by atoms with E-state index in [1.807, 2.05) is 23.1 Å². The molecular weight excluding hydrogens is 318 g/mol. The van der Waals surface area contributed by atoms with Crippen molar-refractivity contribution >= 4 is 11.8 Å². The van der Waals surface area contributed by atoms with E-state index in [9.17, 15) is 9.59 Å². The van der Waals surface area contributed by atoms with E-state index in [1.54, 1.807) is 7.11 Å². The van der Waals surface area contributed by atoms with Crippen LogP contribution in [0.4, 0.5) is 0 Å². The lowest BCUT2D eigenvalue weighted by Gasteiger charge is -2.32. The molecule has 2 amide bonds. The van der Waals surface area contributed by atoms with Crippen molar-refractivity contribution in [2.75, 3.05) is 20.2 Å². The summed E-state index contributed by atoms with van der Waals surface area (Å²) in [6.07, 6.45) is 4.41. The zero-order valence-corrected chi connectivity index (χ0v) is 14.3. The maximum atomic E-state index is 12.7. The summed E-state index contributed by atoms with van der Waals surface area (Å²) in [7, 11) is 1.68. The molecule has 132 valence electrons. The Kier molecular flexibility index (Phi) is 5.07. The van der Waals surface area contributed by atoms with E-state index < -0.39 is 5.91 Å². The highest BCUT2D eigenvalue weighted by Crippen LogP contribution is 2.26. The number of aromatic amines is 1. The van der Waals surface area contributed by atoms with Gasteiger partial charge in [-0.3, -0.25) is 9.59 Å². The molecule has 1 saturated heterocycles. The summed E-state index contributed by atoms with van der Waals surface area (Å²) in [6, 6.07) is 9.53. The summed E-state index contributed by atoms with van der Waals surface area (Å²) < 4.78 is 5.43.